The molecule has 0 bridgehead atoms. The third-order valence-corrected chi connectivity index (χ3v) is 2.02. The highest BCUT2D eigenvalue weighted by Crippen LogP contribution is 2.18. The molecule has 0 aliphatic heterocycles. The molecule has 2 N–H and O–H groups in total. The van der Waals surface area contributed by atoms with E-state index in [-0.39, 0.29) is 18.1 Å². The second-order valence-corrected chi connectivity index (χ2v) is 2.84. The van der Waals surface area contributed by atoms with Gasteiger partial charge >= 0.3 is 5.97 Å². The van der Waals surface area contributed by atoms with Gasteiger partial charge in [0.25, 0.3) is 0 Å². The number of ether oxygens (including phenoxy) is 1. The number of hydrogen-bond donors (Lipinski definition) is 1. The molecule has 3 heteroatoms. The van der Waals surface area contributed by atoms with Crippen LogP contribution < -0.4 is 5.73 Å². The molecule has 0 radical (unpaired) electrons. The average Bonchev–Trinajstić information content (AvgIpc) is 2.04. The van der Waals surface area contributed by atoms with Gasteiger partial charge in [-0.2, -0.15) is 0 Å². The van der Waals surface area contributed by atoms with E-state index in [0.717, 1.165) is 12.8 Å². The summed E-state index contributed by atoms with van der Waals surface area (Å²) in [5.74, 6) is -0.323. The molecule has 66 valence electrons. The van der Waals surface area contributed by atoms with Gasteiger partial charge in [0.15, 0.2) is 0 Å². The number of carbonyl (C=O) groups is 1. The molecule has 0 saturated heterocycles. The number of hydrogen-bond acceptors (Lipinski definition) is 3. The molecular weight excluding hydrogens is 142 g/mol. The van der Waals surface area contributed by atoms with E-state index >= 15 is 0 Å². The molecule has 11 heavy (non-hydrogen) atoms. The maximum Gasteiger partial charge on any atom is 0.320 e. The number of esters is 1. The van der Waals surface area contributed by atoms with E-state index in [0.29, 0.717) is 0 Å². The Balaban J connectivity index is 3.96. The molecule has 0 spiro atoms. The van der Waals surface area contributed by atoms with Crippen molar-refractivity contribution >= 4 is 5.97 Å². The van der Waals surface area contributed by atoms with Crippen LogP contribution in [0.15, 0.2) is 0 Å². The largest absolute Gasteiger partial charge is 0.458 e. The van der Waals surface area contributed by atoms with Crippen LogP contribution >= 0.6 is 0 Å². The molecule has 0 heterocycles. The zero-order chi connectivity index (χ0) is 8.91. The molecule has 0 amide bonds. The monoisotopic (exact) mass is 159 g/mol. The second-order valence-electron chi connectivity index (χ2n) is 2.84. The molecule has 0 aromatic carbocycles. The molecule has 0 aromatic rings. The maximum absolute atomic E-state index is 10.8. The summed E-state index contributed by atoms with van der Waals surface area (Å²) >= 11 is 0. The summed E-state index contributed by atoms with van der Waals surface area (Å²) in [6.07, 6.45) is 1.66. The van der Waals surface area contributed by atoms with E-state index in [1.165, 1.54) is 0 Å². The van der Waals surface area contributed by atoms with Crippen LogP contribution in [0.5, 0.6) is 0 Å². The summed E-state index contributed by atoms with van der Waals surface area (Å²) in [6.45, 7) is 5.87. The molecular formula is C8H17NO2. The molecule has 3 nitrogen and oxygen atoms in total. The van der Waals surface area contributed by atoms with Crippen molar-refractivity contribution in [1.29, 1.82) is 0 Å². The fourth-order valence-electron chi connectivity index (χ4n) is 0.711. The normalized spacial score (nSPS) is 11.3. The second kappa shape index (κ2) is 4.34. The van der Waals surface area contributed by atoms with Crippen LogP contribution in [0.25, 0.3) is 0 Å². The van der Waals surface area contributed by atoms with Gasteiger partial charge in [-0.15, -0.1) is 0 Å². The van der Waals surface area contributed by atoms with E-state index in [1.54, 1.807) is 0 Å². The molecule has 0 fully saturated rings. The van der Waals surface area contributed by atoms with Crippen molar-refractivity contribution in [2.24, 2.45) is 5.73 Å². The summed E-state index contributed by atoms with van der Waals surface area (Å²) in [5, 5.41) is 0. The highest BCUT2D eigenvalue weighted by Gasteiger charge is 2.23. The van der Waals surface area contributed by atoms with Gasteiger partial charge in [0, 0.05) is 0 Å². The zero-order valence-corrected chi connectivity index (χ0v) is 7.52. The van der Waals surface area contributed by atoms with E-state index in [2.05, 4.69) is 0 Å². The average molecular weight is 159 g/mol. The lowest BCUT2D eigenvalue weighted by Gasteiger charge is -2.26. The first-order valence-electron chi connectivity index (χ1n) is 4.00. The highest BCUT2D eigenvalue weighted by atomic mass is 16.6. The molecule has 0 unspecified atom stereocenters. The van der Waals surface area contributed by atoms with Crippen LogP contribution in [0, 0.1) is 0 Å². The van der Waals surface area contributed by atoms with Crippen LogP contribution in [0.3, 0.4) is 0 Å². The Morgan fingerprint density at radius 3 is 2.18 bits per heavy atom. The Labute approximate surface area is 67.9 Å². The van der Waals surface area contributed by atoms with Gasteiger partial charge in [-0.25, -0.2) is 0 Å². The molecule has 0 rings (SSSR count). The number of rotatable bonds is 4. The minimum atomic E-state index is -0.323. The summed E-state index contributed by atoms with van der Waals surface area (Å²) in [5.41, 5.74) is 4.79. The lowest BCUT2D eigenvalue weighted by Crippen LogP contribution is -2.33. The van der Waals surface area contributed by atoms with Gasteiger partial charge in [0.1, 0.15) is 5.60 Å². The van der Waals surface area contributed by atoms with Crippen molar-refractivity contribution < 1.29 is 9.53 Å². The van der Waals surface area contributed by atoms with E-state index < -0.39 is 0 Å². The third kappa shape index (κ3) is 3.37. The van der Waals surface area contributed by atoms with Crippen molar-refractivity contribution in [3.8, 4) is 0 Å². The molecule has 0 saturated carbocycles. The van der Waals surface area contributed by atoms with E-state index in [4.69, 9.17) is 10.5 Å². The predicted octanol–water partition coefficient (Wildman–Crippen LogP) is 1.07. The SMILES string of the molecule is CCC(C)(CC)OC(=O)CN. The third-order valence-electron chi connectivity index (χ3n) is 2.02. The topological polar surface area (TPSA) is 52.3 Å². The van der Waals surface area contributed by atoms with Gasteiger partial charge in [-0.1, -0.05) is 13.8 Å². The summed E-state index contributed by atoms with van der Waals surface area (Å²) in [7, 11) is 0. The van der Waals surface area contributed by atoms with Gasteiger partial charge in [-0.05, 0) is 19.8 Å². The fourth-order valence-corrected chi connectivity index (χ4v) is 0.711. The summed E-state index contributed by atoms with van der Waals surface area (Å²) in [6, 6.07) is 0. The lowest BCUT2D eigenvalue weighted by atomic mass is 10.0. The van der Waals surface area contributed by atoms with Crippen LogP contribution in [-0.2, 0) is 9.53 Å². The van der Waals surface area contributed by atoms with E-state index in [9.17, 15) is 4.79 Å². The van der Waals surface area contributed by atoms with Crippen molar-refractivity contribution in [3.63, 3.8) is 0 Å². The quantitative estimate of drug-likeness (QED) is 0.624. The first kappa shape index (κ1) is 10.4. The fraction of sp³-hybridized carbons (Fsp3) is 0.875. The Morgan fingerprint density at radius 1 is 1.45 bits per heavy atom. The van der Waals surface area contributed by atoms with Crippen LogP contribution in [-0.4, -0.2) is 18.1 Å². The molecule has 0 aromatic heterocycles. The Kier molecular flexibility index (Phi) is 4.11. The van der Waals surface area contributed by atoms with Crippen LogP contribution in [0.2, 0.25) is 0 Å². The zero-order valence-electron chi connectivity index (χ0n) is 7.52. The predicted molar refractivity (Wildman–Crippen MR) is 44.1 cm³/mol. The van der Waals surface area contributed by atoms with Crippen LogP contribution in [0.4, 0.5) is 0 Å². The lowest BCUT2D eigenvalue weighted by molar-refractivity contribution is -0.156. The smallest absolute Gasteiger partial charge is 0.320 e. The van der Waals surface area contributed by atoms with Gasteiger partial charge in [0.05, 0.1) is 6.54 Å². The van der Waals surface area contributed by atoms with Gasteiger partial charge in [-0.3, -0.25) is 4.79 Å². The summed E-state index contributed by atoms with van der Waals surface area (Å²) in [4.78, 5) is 10.8. The maximum atomic E-state index is 10.8. The number of carbonyl (C=O) groups excluding carboxylic acids is 1. The first-order valence-corrected chi connectivity index (χ1v) is 4.00. The van der Waals surface area contributed by atoms with Gasteiger partial charge < -0.3 is 10.5 Å². The van der Waals surface area contributed by atoms with Crippen molar-refractivity contribution in [3.05, 3.63) is 0 Å². The Bertz CT molecular complexity index is 130. The van der Waals surface area contributed by atoms with E-state index in [1.807, 2.05) is 20.8 Å². The van der Waals surface area contributed by atoms with Gasteiger partial charge in [0.2, 0.25) is 0 Å². The van der Waals surface area contributed by atoms with Crippen molar-refractivity contribution in [1.82, 2.24) is 0 Å². The minimum Gasteiger partial charge on any atom is -0.458 e. The summed E-state index contributed by atoms with van der Waals surface area (Å²) < 4.78 is 5.12. The first-order chi connectivity index (χ1) is 5.08. The molecule has 0 aliphatic carbocycles. The van der Waals surface area contributed by atoms with Crippen LogP contribution in [0.1, 0.15) is 33.6 Å². The van der Waals surface area contributed by atoms with Crippen molar-refractivity contribution in [2.75, 3.05) is 6.54 Å². The number of nitrogens with two attached hydrogens (primary N) is 1. The molecule has 0 atom stereocenters. The van der Waals surface area contributed by atoms with Crippen molar-refractivity contribution in [2.45, 2.75) is 39.2 Å². The Morgan fingerprint density at radius 2 is 1.91 bits per heavy atom. The Hall–Kier alpha value is -0.570. The standard InChI is InChI=1S/C8H17NO2/c1-4-8(3,5-2)11-7(10)6-9/h4-6,9H2,1-3H3. The minimum absolute atomic E-state index is 0.0322. The molecule has 0 aliphatic rings. The highest BCUT2D eigenvalue weighted by molar-refractivity contribution is 5.71.